The number of halogens is 3. The van der Waals surface area contributed by atoms with Crippen LogP contribution in [0.2, 0.25) is 0 Å². The highest BCUT2D eigenvalue weighted by Crippen LogP contribution is 2.25. The number of amides is 2. The number of carbonyl (C=O) groups excluding carboxylic acids is 3. The number of aryl methyl sites for hydroxylation is 1. The maximum Gasteiger partial charge on any atom is 0.422 e. The molecule has 3 N–H and O–H groups in total. The lowest BCUT2D eigenvalue weighted by Crippen LogP contribution is -2.20. The highest BCUT2D eigenvalue weighted by Gasteiger charge is 2.30. The average molecular weight is 549 g/mol. The number of hydrogen-bond acceptors (Lipinski definition) is 5. The molecule has 0 heterocycles. The summed E-state index contributed by atoms with van der Waals surface area (Å²) in [7, 11) is 0. The van der Waals surface area contributed by atoms with Gasteiger partial charge in [0.1, 0.15) is 5.75 Å². The van der Waals surface area contributed by atoms with Gasteiger partial charge in [0, 0.05) is 22.5 Å². The molecule has 0 saturated carbocycles. The Morgan fingerprint density at radius 2 is 1.35 bits per heavy atom. The van der Waals surface area contributed by atoms with E-state index in [-0.39, 0.29) is 22.8 Å². The number of aromatic hydroxyl groups is 1. The highest BCUT2D eigenvalue weighted by molar-refractivity contribution is 6.07. The molecule has 10 heteroatoms. The van der Waals surface area contributed by atoms with Gasteiger partial charge in [0.2, 0.25) is 0 Å². The summed E-state index contributed by atoms with van der Waals surface area (Å²) in [5, 5.41) is 14.9. The van der Waals surface area contributed by atoms with E-state index in [1.165, 1.54) is 18.2 Å². The van der Waals surface area contributed by atoms with Crippen molar-refractivity contribution in [1.29, 1.82) is 0 Å². The predicted octanol–water partition coefficient (Wildman–Crippen LogP) is 6.59. The smallest absolute Gasteiger partial charge is 0.422 e. The number of phenols is 1. The molecule has 0 saturated heterocycles. The fourth-order valence-corrected chi connectivity index (χ4v) is 3.72. The Morgan fingerprint density at radius 1 is 0.750 bits per heavy atom. The molecular formula is C30H23F3N2O5. The molecule has 0 unspecified atom stereocenters. The van der Waals surface area contributed by atoms with Crippen molar-refractivity contribution >= 4 is 29.2 Å². The second-order valence-electron chi connectivity index (χ2n) is 8.83. The van der Waals surface area contributed by atoms with Gasteiger partial charge in [-0.25, -0.2) is 4.79 Å². The van der Waals surface area contributed by atoms with E-state index in [1.54, 1.807) is 73.7 Å². The molecule has 0 spiro atoms. The molecular weight excluding hydrogens is 525 g/mol. The first-order valence-electron chi connectivity index (χ1n) is 12.0. The van der Waals surface area contributed by atoms with E-state index >= 15 is 0 Å². The summed E-state index contributed by atoms with van der Waals surface area (Å²) in [5.74, 6) is -2.03. The fraction of sp³-hybridized carbons (Fsp3) is 0.100. The van der Waals surface area contributed by atoms with Gasteiger partial charge >= 0.3 is 12.1 Å². The lowest BCUT2D eigenvalue weighted by atomic mass is 10.0. The van der Waals surface area contributed by atoms with Crippen LogP contribution in [0.5, 0.6) is 5.75 Å². The van der Waals surface area contributed by atoms with Crippen LogP contribution in [0, 0.1) is 6.92 Å². The zero-order valence-corrected chi connectivity index (χ0v) is 21.1. The Balaban J connectivity index is 1.43. The first-order chi connectivity index (χ1) is 19.0. The van der Waals surface area contributed by atoms with Crippen LogP contribution in [0.15, 0.2) is 91.0 Å². The van der Waals surface area contributed by atoms with Crippen molar-refractivity contribution in [1.82, 2.24) is 0 Å². The maximum absolute atomic E-state index is 12.9. The van der Waals surface area contributed by atoms with E-state index in [9.17, 15) is 32.7 Å². The first kappa shape index (κ1) is 27.9. The average Bonchev–Trinajstić information content (AvgIpc) is 2.93. The van der Waals surface area contributed by atoms with Crippen LogP contribution in [-0.2, 0) is 4.74 Å². The summed E-state index contributed by atoms with van der Waals surface area (Å²) in [5.41, 5.74) is 3.52. The fourth-order valence-electron chi connectivity index (χ4n) is 3.72. The molecule has 4 rings (SSSR count). The van der Waals surface area contributed by atoms with Crippen molar-refractivity contribution in [2.24, 2.45) is 0 Å². The molecule has 4 aromatic carbocycles. The second-order valence-corrected chi connectivity index (χ2v) is 8.83. The molecule has 0 fully saturated rings. The molecule has 0 aromatic heterocycles. The van der Waals surface area contributed by atoms with E-state index in [4.69, 9.17) is 0 Å². The molecule has 0 aliphatic carbocycles. The Morgan fingerprint density at radius 3 is 2.00 bits per heavy atom. The zero-order valence-electron chi connectivity index (χ0n) is 21.1. The van der Waals surface area contributed by atoms with Gasteiger partial charge in [-0.2, -0.15) is 13.2 Å². The van der Waals surface area contributed by atoms with Crippen LogP contribution in [0.3, 0.4) is 0 Å². The second kappa shape index (κ2) is 11.7. The lowest BCUT2D eigenvalue weighted by Gasteiger charge is -2.13. The molecule has 0 atom stereocenters. The Kier molecular flexibility index (Phi) is 8.18. The van der Waals surface area contributed by atoms with Crippen molar-refractivity contribution < 1.29 is 37.4 Å². The first-order valence-corrected chi connectivity index (χ1v) is 12.0. The van der Waals surface area contributed by atoms with Gasteiger partial charge in [-0.1, -0.05) is 36.4 Å². The highest BCUT2D eigenvalue weighted by atomic mass is 19.4. The van der Waals surface area contributed by atoms with Gasteiger partial charge in [-0.15, -0.1) is 0 Å². The number of hydrogen-bond donors (Lipinski definition) is 3. The Hall–Kier alpha value is -5.12. The van der Waals surface area contributed by atoms with Crippen LogP contribution >= 0.6 is 0 Å². The molecule has 204 valence electrons. The summed E-state index contributed by atoms with van der Waals surface area (Å²) in [4.78, 5) is 37.6. The quantitative estimate of drug-likeness (QED) is 0.226. The number of nitrogens with one attached hydrogen (secondary N) is 2. The minimum atomic E-state index is -4.67. The predicted molar refractivity (Wildman–Crippen MR) is 143 cm³/mol. The van der Waals surface area contributed by atoms with Crippen LogP contribution in [0.1, 0.15) is 36.6 Å². The molecule has 40 heavy (non-hydrogen) atoms. The zero-order chi connectivity index (χ0) is 28.9. The van der Waals surface area contributed by atoms with Crippen LogP contribution in [0.25, 0.3) is 11.1 Å². The van der Waals surface area contributed by atoms with Crippen molar-refractivity contribution in [2.45, 2.75) is 13.1 Å². The number of rotatable bonds is 7. The van der Waals surface area contributed by atoms with Gasteiger partial charge in [0.05, 0.1) is 5.56 Å². The van der Waals surface area contributed by atoms with Crippen LogP contribution in [0.4, 0.5) is 24.5 Å². The molecule has 0 radical (unpaired) electrons. The van der Waals surface area contributed by atoms with Gasteiger partial charge in [-0.05, 0) is 78.2 Å². The largest absolute Gasteiger partial charge is 0.508 e. The monoisotopic (exact) mass is 548 g/mol. The van der Waals surface area contributed by atoms with Crippen molar-refractivity contribution in [3.8, 4) is 16.9 Å². The third-order valence-electron chi connectivity index (χ3n) is 5.82. The van der Waals surface area contributed by atoms with Crippen molar-refractivity contribution in [3.05, 3.63) is 113 Å². The third kappa shape index (κ3) is 7.25. The van der Waals surface area contributed by atoms with Gasteiger partial charge in [0.25, 0.3) is 11.8 Å². The lowest BCUT2D eigenvalue weighted by molar-refractivity contribution is -0.161. The summed E-state index contributed by atoms with van der Waals surface area (Å²) in [6.45, 7) is 0.0495. The number of benzene rings is 4. The number of esters is 1. The number of phenolic OH excluding ortho intramolecular Hbond substituents is 1. The van der Waals surface area contributed by atoms with E-state index in [0.29, 0.717) is 16.9 Å². The minimum Gasteiger partial charge on any atom is -0.508 e. The summed E-state index contributed by atoms with van der Waals surface area (Å²) < 4.78 is 41.2. The molecule has 4 aromatic rings. The number of anilines is 2. The van der Waals surface area contributed by atoms with Crippen molar-refractivity contribution in [2.75, 3.05) is 17.2 Å². The van der Waals surface area contributed by atoms with E-state index in [2.05, 4.69) is 15.4 Å². The normalized spacial score (nSPS) is 11.0. The van der Waals surface area contributed by atoms with Gasteiger partial charge in [-0.3, -0.25) is 9.59 Å². The molecule has 0 bridgehead atoms. The molecule has 7 nitrogen and oxygen atoms in total. The van der Waals surface area contributed by atoms with Gasteiger partial charge < -0.3 is 20.5 Å². The third-order valence-corrected chi connectivity index (χ3v) is 5.82. The minimum absolute atomic E-state index is 0.0290. The van der Waals surface area contributed by atoms with E-state index in [1.807, 2.05) is 0 Å². The number of carbonyl (C=O) groups is 3. The Labute approximate surface area is 227 Å². The summed E-state index contributed by atoms with van der Waals surface area (Å²) in [6, 6.07) is 23.6. The van der Waals surface area contributed by atoms with Crippen LogP contribution < -0.4 is 10.6 Å². The maximum atomic E-state index is 12.9. The summed E-state index contributed by atoms with van der Waals surface area (Å²) in [6.07, 6.45) is -4.67. The topological polar surface area (TPSA) is 105 Å². The Bertz CT molecular complexity index is 1550. The molecule has 0 aliphatic rings. The van der Waals surface area contributed by atoms with Crippen molar-refractivity contribution in [3.63, 3.8) is 0 Å². The number of ether oxygens (including phenoxy) is 1. The molecule has 0 aliphatic heterocycles. The van der Waals surface area contributed by atoms with Gasteiger partial charge in [0.15, 0.2) is 6.61 Å². The number of alkyl halides is 3. The SMILES string of the molecule is Cc1ccc(NC(=O)c2cccc(C(=O)OCC(F)(F)F)c2)cc1NC(=O)c1ccc(-c2ccc(O)cc2)cc1. The van der Waals surface area contributed by atoms with E-state index < -0.39 is 24.7 Å². The molecule has 2 amide bonds. The van der Waals surface area contributed by atoms with E-state index in [0.717, 1.165) is 22.8 Å². The standard InChI is InChI=1S/C30H23F3N2O5/c1-18-5-12-24(34-28(38)22-3-2-4-23(15-22)29(39)40-17-30(31,32)33)16-26(18)35-27(37)21-8-6-19(7-9-21)20-10-13-25(36)14-11-20/h2-16,36H,17H2,1H3,(H,34,38)(H,35,37). The van der Waals surface area contributed by atoms with Crippen LogP contribution in [-0.4, -0.2) is 35.7 Å². The summed E-state index contributed by atoms with van der Waals surface area (Å²) >= 11 is 0.